The first-order valence-corrected chi connectivity index (χ1v) is 5.51. The standard InChI is InChI=1S/C8H8N2O2S2/c1-12-8(11)6-4-2-3-5-7(6)9-10-14-13/h2-5,13H,1H3. The Labute approximate surface area is 90.7 Å². The number of carbonyl (C=O) groups is 1. The highest BCUT2D eigenvalue weighted by Gasteiger charge is 2.09. The van der Waals surface area contributed by atoms with Gasteiger partial charge in [0.15, 0.2) is 0 Å². The highest BCUT2D eigenvalue weighted by atomic mass is 33.1. The van der Waals surface area contributed by atoms with Gasteiger partial charge in [-0.25, -0.2) is 4.79 Å². The molecule has 0 aromatic heterocycles. The van der Waals surface area contributed by atoms with Crippen molar-refractivity contribution in [2.45, 2.75) is 0 Å². The second-order valence-electron chi connectivity index (χ2n) is 2.27. The molecule has 0 fully saturated rings. The lowest BCUT2D eigenvalue weighted by Gasteiger charge is -2.00. The van der Waals surface area contributed by atoms with Gasteiger partial charge in [-0.2, -0.15) is 0 Å². The van der Waals surface area contributed by atoms with Crippen molar-refractivity contribution < 1.29 is 9.53 Å². The molecule has 0 bridgehead atoms. The largest absolute Gasteiger partial charge is 0.465 e. The molecule has 0 saturated heterocycles. The summed E-state index contributed by atoms with van der Waals surface area (Å²) in [5.41, 5.74) is 0.863. The Morgan fingerprint density at radius 1 is 1.50 bits per heavy atom. The van der Waals surface area contributed by atoms with Gasteiger partial charge in [0.05, 0.1) is 23.7 Å². The van der Waals surface area contributed by atoms with Gasteiger partial charge in [-0.1, -0.05) is 23.8 Å². The van der Waals surface area contributed by atoms with Crippen LogP contribution in [0.25, 0.3) is 0 Å². The Morgan fingerprint density at radius 2 is 2.21 bits per heavy atom. The van der Waals surface area contributed by atoms with Crippen molar-refractivity contribution >= 4 is 34.3 Å². The van der Waals surface area contributed by atoms with Gasteiger partial charge < -0.3 is 4.74 Å². The normalized spacial score (nSPS) is 10.4. The van der Waals surface area contributed by atoms with E-state index in [1.165, 1.54) is 7.11 Å². The van der Waals surface area contributed by atoms with Gasteiger partial charge >= 0.3 is 5.97 Å². The Balaban J connectivity index is 3.03. The smallest absolute Gasteiger partial charge is 0.340 e. The molecule has 74 valence electrons. The number of esters is 1. The molecule has 0 radical (unpaired) electrons. The van der Waals surface area contributed by atoms with Crippen LogP contribution in [-0.2, 0) is 4.74 Å². The Bertz CT molecular complexity index is 355. The van der Waals surface area contributed by atoms with Crippen LogP contribution in [0.3, 0.4) is 0 Å². The van der Waals surface area contributed by atoms with Gasteiger partial charge in [0.25, 0.3) is 0 Å². The van der Waals surface area contributed by atoms with Crippen molar-refractivity contribution in [3.8, 4) is 0 Å². The Morgan fingerprint density at radius 3 is 2.86 bits per heavy atom. The first-order chi connectivity index (χ1) is 6.79. The minimum absolute atomic E-state index is 0.390. The maximum Gasteiger partial charge on any atom is 0.340 e. The summed E-state index contributed by atoms with van der Waals surface area (Å²) < 4.78 is 8.21. The minimum atomic E-state index is -0.427. The second kappa shape index (κ2) is 5.66. The molecule has 4 nitrogen and oxygen atoms in total. The van der Waals surface area contributed by atoms with Crippen LogP contribution in [-0.4, -0.2) is 13.1 Å². The van der Waals surface area contributed by atoms with E-state index in [1.54, 1.807) is 24.3 Å². The molecule has 0 heterocycles. The zero-order valence-electron chi connectivity index (χ0n) is 7.38. The molecule has 0 unspecified atom stereocenters. The third-order valence-electron chi connectivity index (χ3n) is 1.49. The fourth-order valence-corrected chi connectivity index (χ4v) is 1.14. The van der Waals surface area contributed by atoms with Crippen LogP contribution in [0, 0.1) is 0 Å². The fourth-order valence-electron chi connectivity index (χ4n) is 0.906. The number of benzene rings is 1. The summed E-state index contributed by atoms with van der Waals surface area (Å²) in [6.07, 6.45) is 0. The predicted octanol–water partition coefficient (Wildman–Crippen LogP) is 3.05. The number of rotatable bonds is 3. The van der Waals surface area contributed by atoms with Crippen molar-refractivity contribution in [1.82, 2.24) is 0 Å². The molecular weight excluding hydrogens is 220 g/mol. The molecule has 0 aliphatic carbocycles. The summed E-state index contributed by atoms with van der Waals surface area (Å²) >= 11 is 3.80. The number of thiol groups is 1. The number of ether oxygens (including phenoxy) is 1. The quantitative estimate of drug-likeness (QED) is 0.284. The average molecular weight is 228 g/mol. The topological polar surface area (TPSA) is 51.0 Å². The van der Waals surface area contributed by atoms with E-state index >= 15 is 0 Å². The SMILES string of the molecule is COC(=O)c1ccccc1N=NSS. The number of hydrogen-bond acceptors (Lipinski definition) is 6. The monoisotopic (exact) mass is 228 g/mol. The lowest BCUT2D eigenvalue weighted by Crippen LogP contribution is -2.00. The predicted molar refractivity (Wildman–Crippen MR) is 58.9 cm³/mol. The van der Waals surface area contributed by atoms with Crippen molar-refractivity contribution in [2.75, 3.05) is 7.11 Å². The molecule has 0 amide bonds. The first kappa shape index (κ1) is 11.1. The molecule has 6 heteroatoms. The summed E-state index contributed by atoms with van der Waals surface area (Å²) in [4.78, 5) is 11.2. The van der Waals surface area contributed by atoms with Crippen LogP contribution < -0.4 is 0 Å². The van der Waals surface area contributed by atoms with E-state index in [0.29, 0.717) is 11.3 Å². The van der Waals surface area contributed by atoms with E-state index < -0.39 is 5.97 Å². The van der Waals surface area contributed by atoms with Gasteiger partial charge in [-0.3, -0.25) is 0 Å². The number of hydrogen-bond donors (Lipinski definition) is 1. The van der Waals surface area contributed by atoms with Crippen molar-refractivity contribution in [3.63, 3.8) is 0 Å². The Kier molecular flexibility index (Phi) is 4.48. The van der Waals surface area contributed by atoms with Gasteiger partial charge in [-0.05, 0) is 12.1 Å². The Hall–Kier alpha value is -1.01. The maximum absolute atomic E-state index is 11.2. The summed E-state index contributed by atoms with van der Waals surface area (Å²) in [6, 6.07) is 6.81. The van der Waals surface area contributed by atoms with E-state index in [1.807, 2.05) is 0 Å². The van der Waals surface area contributed by atoms with Crippen LogP contribution >= 0.6 is 22.6 Å². The molecular formula is C8H8N2O2S2. The van der Waals surface area contributed by atoms with Gasteiger partial charge in [0.1, 0.15) is 5.69 Å². The third kappa shape index (κ3) is 2.74. The van der Waals surface area contributed by atoms with Crippen LogP contribution in [0.15, 0.2) is 33.9 Å². The average Bonchev–Trinajstić information content (AvgIpc) is 2.25. The lowest BCUT2D eigenvalue weighted by atomic mass is 10.2. The molecule has 0 saturated carbocycles. The third-order valence-corrected chi connectivity index (χ3v) is 1.87. The van der Waals surface area contributed by atoms with Gasteiger partial charge in [0.2, 0.25) is 0 Å². The van der Waals surface area contributed by atoms with Crippen molar-refractivity contribution in [2.24, 2.45) is 9.63 Å². The number of nitrogens with zero attached hydrogens (tertiary/aromatic N) is 2. The van der Waals surface area contributed by atoms with Crippen LogP contribution in [0.1, 0.15) is 10.4 Å². The lowest BCUT2D eigenvalue weighted by molar-refractivity contribution is 0.0601. The van der Waals surface area contributed by atoms with Crippen molar-refractivity contribution in [3.05, 3.63) is 29.8 Å². The highest BCUT2D eigenvalue weighted by Crippen LogP contribution is 2.22. The molecule has 0 N–H and O–H groups in total. The van der Waals surface area contributed by atoms with Gasteiger partial charge in [-0.15, -0.1) is 9.63 Å². The minimum Gasteiger partial charge on any atom is -0.465 e. The van der Waals surface area contributed by atoms with Crippen LogP contribution in [0.5, 0.6) is 0 Å². The van der Waals surface area contributed by atoms with E-state index in [4.69, 9.17) is 0 Å². The van der Waals surface area contributed by atoms with Gasteiger partial charge in [0, 0.05) is 0 Å². The molecule has 0 atom stereocenters. The summed E-state index contributed by atoms with van der Waals surface area (Å²) in [5.74, 6) is -0.427. The molecule has 1 rings (SSSR count). The van der Waals surface area contributed by atoms with E-state index in [9.17, 15) is 4.79 Å². The maximum atomic E-state index is 11.2. The number of carbonyl (C=O) groups excluding carboxylic acids is 1. The van der Waals surface area contributed by atoms with Crippen LogP contribution in [0.4, 0.5) is 5.69 Å². The van der Waals surface area contributed by atoms with E-state index in [2.05, 4.69) is 26.0 Å². The van der Waals surface area contributed by atoms with Crippen molar-refractivity contribution in [1.29, 1.82) is 0 Å². The molecule has 1 aromatic rings. The molecule has 0 aliphatic rings. The zero-order chi connectivity index (χ0) is 10.4. The summed E-state index contributed by atoms with van der Waals surface area (Å²) in [6.45, 7) is 0. The van der Waals surface area contributed by atoms with E-state index in [0.717, 1.165) is 11.0 Å². The fraction of sp³-hybridized carbons (Fsp3) is 0.125. The molecule has 0 spiro atoms. The van der Waals surface area contributed by atoms with Crippen LogP contribution in [0.2, 0.25) is 0 Å². The molecule has 1 aromatic carbocycles. The number of methoxy groups -OCH3 is 1. The second-order valence-corrected chi connectivity index (χ2v) is 3.09. The zero-order valence-corrected chi connectivity index (χ0v) is 9.09. The highest BCUT2D eigenvalue weighted by molar-refractivity contribution is 8.68. The molecule has 0 aliphatic heterocycles. The summed E-state index contributed by atoms with van der Waals surface area (Å²) in [5, 5.41) is 3.80. The van der Waals surface area contributed by atoms with E-state index in [-0.39, 0.29) is 0 Å². The first-order valence-electron chi connectivity index (χ1n) is 3.68. The molecule has 14 heavy (non-hydrogen) atoms. The summed E-state index contributed by atoms with van der Waals surface area (Å²) in [7, 11) is 2.25.